The third-order valence-electron chi connectivity index (χ3n) is 4.24. The van der Waals surface area contributed by atoms with Crippen LogP contribution in [0.4, 0.5) is 0 Å². The molecule has 2 amide bonds. The first-order valence-electron chi connectivity index (χ1n) is 8.51. The predicted octanol–water partition coefficient (Wildman–Crippen LogP) is 3.02. The van der Waals surface area contributed by atoms with Crippen LogP contribution in [0.3, 0.4) is 0 Å². The summed E-state index contributed by atoms with van der Waals surface area (Å²) < 4.78 is 5.40. The Labute approximate surface area is 147 Å². The van der Waals surface area contributed by atoms with Crippen molar-refractivity contribution in [2.24, 2.45) is 0 Å². The number of furan rings is 1. The number of rotatable bonds is 4. The van der Waals surface area contributed by atoms with Gasteiger partial charge in [0.15, 0.2) is 0 Å². The summed E-state index contributed by atoms with van der Waals surface area (Å²) in [4.78, 5) is 26.4. The molecule has 2 aromatic rings. The molecule has 25 heavy (non-hydrogen) atoms. The van der Waals surface area contributed by atoms with Gasteiger partial charge in [0.1, 0.15) is 11.5 Å². The van der Waals surface area contributed by atoms with Crippen molar-refractivity contribution in [1.82, 2.24) is 10.2 Å². The quantitative estimate of drug-likeness (QED) is 0.872. The van der Waals surface area contributed by atoms with Crippen LogP contribution in [0.25, 0.3) is 6.08 Å². The van der Waals surface area contributed by atoms with Gasteiger partial charge >= 0.3 is 0 Å². The lowest BCUT2D eigenvalue weighted by atomic mass is 10.0. The summed E-state index contributed by atoms with van der Waals surface area (Å²) in [7, 11) is 0. The number of amides is 2. The molecule has 0 saturated carbocycles. The number of hydrogen-bond donors (Lipinski definition) is 1. The van der Waals surface area contributed by atoms with E-state index in [0.717, 1.165) is 25.1 Å². The summed E-state index contributed by atoms with van der Waals surface area (Å²) in [5.41, 5.74) is 0.683. The number of nitrogens with one attached hydrogen (secondary N) is 1. The molecule has 0 bridgehead atoms. The zero-order chi connectivity index (χ0) is 17.6. The summed E-state index contributed by atoms with van der Waals surface area (Å²) in [6.07, 6.45) is 4.87. The van der Waals surface area contributed by atoms with Gasteiger partial charge in [-0.3, -0.25) is 9.59 Å². The molecule has 0 spiro atoms. The smallest absolute Gasteiger partial charge is 0.253 e. The van der Waals surface area contributed by atoms with Crippen LogP contribution in [0.5, 0.6) is 0 Å². The maximum absolute atomic E-state index is 12.5. The van der Waals surface area contributed by atoms with Crippen molar-refractivity contribution in [2.75, 3.05) is 13.1 Å². The standard InChI is InChI=1S/C20H22N2O3/c1-15-9-10-18(25-15)11-12-19(23)21-17-8-5-13-22(14-17)20(24)16-6-3-2-4-7-16/h2-4,6-7,9-12,17H,5,8,13-14H2,1H3,(H,21,23)/b12-11-/t17-/m1/s1. The third-order valence-corrected chi connectivity index (χ3v) is 4.24. The monoisotopic (exact) mass is 338 g/mol. The Bertz CT molecular complexity index is 764. The first-order valence-corrected chi connectivity index (χ1v) is 8.51. The topological polar surface area (TPSA) is 62.6 Å². The van der Waals surface area contributed by atoms with Crippen LogP contribution in [0.2, 0.25) is 0 Å². The lowest BCUT2D eigenvalue weighted by Gasteiger charge is -2.33. The molecular weight excluding hydrogens is 316 g/mol. The molecule has 1 saturated heterocycles. The molecule has 2 heterocycles. The molecule has 3 rings (SSSR count). The van der Waals surface area contributed by atoms with E-state index in [0.29, 0.717) is 17.9 Å². The molecule has 1 N–H and O–H groups in total. The fourth-order valence-electron chi connectivity index (χ4n) is 2.99. The molecule has 1 fully saturated rings. The second kappa shape index (κ2) is 7.83. The van der Waals surface area contributed by atoms with Crippen molar-refractivity contribution < 1.29 is 14.0 Å². The van der Waals surface area contributed by atoms with Gasteiger partial charge in [-0.15, -0.1) is 0 Å². The van der Waals surface area contributed by atoms with E-state index in [1.807, 2.05) is 54.3 Å². The fourth-order valence-corrected chi connectivity index (χ4v) is 2.99. The SMILES string of the molecule is Cc1ccc(/C=C\C(=O)N[C@@H]2CCCN(C(=O)c3ccccc3)C2)o1. The third kappa shape index (κ3) is 4.59. The van der Waals surface area contributed by atoms with Crippen molar-refractivity contribution in [3.05, 3.63) is 65.6 Å². The molecule has 1 aliphatic heterocycles. The minimum Gasteiger partial charge on any atom is -0.462 e. The van der Waals surface area contributed by atoms with E-state index in [1.165, 1.54) is 6.08 Å². The van der Waals surface area contributed by atoms with E-state index in [1.54, 1.807) is 6.08 Å². The minimum absolute atomic E-state index is 0.0150. The summed E-state index contributed by atoms with van der Waals surface area (Å²) in [6, 6.07) is 12.9. The molecule has 5 heteroatoms. The second-order valence-corrected chi connectivity index (χ2v) is 6.25. The summed E-state index contributed by atoms with van der Waals surface area (Å²) in [5.74, 6) is 1.30. The highest BCUT2D eigenvalue weighted by Gasteiger charge is 2.24. The molecular formula is C20H22N2O3. The van der Waals surface area contributed by atoms with Gasteiger partial charge in [0.2, 0.25) is 5.91 Å². The highest BCUT2D eigenvalue weighted by molar-refractivity contribution is 5.94. The fraction of sp³-hybridized carbons (Fsp3) is 0.300. The number of aryl methyl sites for hydroxylation is 1. The zero-order valence-electron chi connectivity index (χ0n) is 14.3. The number of benzene rings is 1. The number of likely N-dealkylation sites (tertiary alicyclic amines) is 1. The number of nitrogens with zero attached hydrogens (tertiary/aromatic N) is 1. The maximum Gasteiger partial charge on any atom is 0.253 e. The Morgan fingerprint density at radius 3 is 2.72 bits per heavy atom. The normalized spacial score (nSPS) is 17.6. The summed E-state index contributed by atoms with van der Waals surface area (Å²) in [6.45, 7) is 3.12. The number of carbonyl (C=O) groups excluding carboxylic acids is 2. The average Bonchev–Trinajstić information content (AvgIpc) is 3.06. The highest BCUT2D eigenvalue weighted by atomic mass is 16.3. The molecule has 1 aliphatic rings. The van der Waals surface area contributed by atoms with Gasteiger partial charge < -0.3 is 14.6 Å². The molecule has 0 unspecified atom stereocenters. The van der Waals surface area contributed by atoms with Gasteiger partial charge in [-0.1, -0.05) is 18.2 Å². The van der Waals surface area contributed by atoms with Gasteiger partial charge in [-0.25, -0.2) is 0 Å². The van der Waals surface area contributed by atoms with Gasteiger partial charge in [0, 0.05) is 30.8 Å². The van der Waals surface area contributed by atoms with Crippen LogP contribution in [0.15, 0.2) is 53.0 Å². The number of piperidine rings is 1. The van der Waals surface area contributed by atoms with E-state index in [4.69, 9.17) is 4.42 Å². The van der Waals surface area contributed by atoms with E-state index >= 15 is 0 Å². The Morgan fingerprint density at radius 1 is 1.20 bits per heavy atom. The Kier molecular flexibility index (Phi) is 5.33. The van der Waals surface area contributed by atoms with Crippen molar-refractivity contribution >= 4 is 17.9 Å². The van der Waals surface area contributed by atoms with Crippen LogP contribution in [0, 0.1) is 6.92 Å². The van der Waals surface area contributed by atoms with Crippen molar-refractivity contribution in [2.45, 2.75) is 25.8 Å². The van der Waals surface area contributed by atoms with Gasteiger partial charge in [-0.2, -0.15) is 0 Å². The molecule has 130 valence electrons. The van der Waals surface area contributed by atoms with Crippen LogP contribution in [0.1, 0.15) is 34.7 Å². The van der Waals surface area contributed by atoms with E-state index in [2.05, 4.69) is 5.32 Å². The van der Waals surface area contributed by atoms with Crippen molar-refractivity contribution in [1.29, 1.82) is 0 Å². The van der Waals surface area contributed by atoms with E-state index in [9.17, 15) is 9.59 Å². The van der Waals surface area contributed by atoms with Gasteiger partial charge in [0.25, 0.3) is 5.91 Å². The molecule has 5 nitrogen and oxygen atoms in total. The Hall–Kier alpha value is -2.82. The average molecular weight is 338 g/mol. The minimum atomic E-state index is -0.173. The number of hydrogen-bond acceptors (Lipinski definition) is 3. The van der Waals surface area contributed by atoms with Crippen molar-refractivity contribution in [3.8, 4) is 0 Å². The van der Waals surface area contributed by atoms with Gasteiger partial charge in [-0.05, 0) is 50.1 Å². The van der Waals surface area contributed by atoms with Crippen molar-refractivity contribution in [3.63, 3.8) is 0 Å². The van der Waals surface area contributed by atoms with Crippen LogP contribution < -0.4 is 5.32 Å². The summed E-state index contributed by atoms with van der Waals surface area (Å²) >= 11 is 0. The largest absolute Gasteiger partial charge is 0.462 e. The van der Waals surface area contributed by atoms with Crippen LogP contribution >= 0.6 is 0 Å². The first-order chi connectivity index (χ1) is 12.1. The predicted molar refractivity (Wildman–Crippen MR) is 96.0 cm³/mol. The molecule has 1 aromatic carbocycles. The lowest BCUT2D eigenvalue weighted by Crippen LogP contribution is -2.49. The van der Waals surface area contributed by atoms with Crippen LogP contribution in [-0.2, 0) is 4.79 Å². The van der Waals surface area contributed by atoms with Crippen LogP contribution in [-0.4, -0.2) is 35.8 Å². The highest BCUT2D eigenvalue weighted by Crippen LogP contribution is 2.14. The molecule has 0 radical (unpaired) electrons. The first kappa shape index (κ1) is 17.0. The summed E-state index contributed by atoms with van der Waals surface area (Å²) in [5, 5.41) is 2.97. The van der Waals surface area contributed by atoms with E-state index < -0.39 is 0 Å². The zero-order valence-corrected chi connectivity index (χ0v) is 14.3. The Balaban J connectivity index is 1.55. The second-order valence-electron chi connectivity index (χ2n) is 6.25. The Morgan fingerprint density at radius 2 is 2.00 bits per heavy atom. The molecule has 1 aromatic heterocycles. The lowest BCUT2D eigenvalue weighted by molar-refractivity contribution is -0.117. The number of carbonyl (C=O) groups is 2. The maximum atomic E-state index is 12.5. The van der Waals surface area contributed by atoms with E-state index in [-0.39, 0.29) is 17.9 Å². The molecule has 1 atom stereocenters. The molecule has 0 aliphatic carbocycles. The van der Waals surface area contributed by atoms with Gasteiger partial charge in [0.05, 0.1) is 0 Å².